The zero-order chi connectivity index (χ0) is 24.8. The molecule has 2 aliphatic rings. The summed E-state index contributed by atoms with van der Waals surface area (Å²) in [4.78, 5) is 43.6. The fraction of sp³-hybridized carbons (Fsp3) is 0.375. The molecule has 2 heterocycles. The van der Waals surface area contributed by atoms with Gasteiger partial charge in [0.05, 0.1) is 13.1 Å². The molecule has 4 rings (SSSR count). The van der Waals surface area contributed by atoms with E-state index in [0.717, 1.165) is 12.5 Å². The summed E-state index contributed by atoms with van der Waals surface area (Å²) in [5.41, 5.74) is 0.549. The van der Waals surface area contributed by atoms with E-state index in [1.807, 2.05) is 6.92 Å². The topological polar surface area (TPSA) is 73.0 Å². The first-order chi connectivity index (χ1) is 16.0. The maximum Gasteiger partial charge on any atom is 0.317 e. The molecular weight excluding hydrogens is 466 g/mol. The van der Waals surface area contributed by atoms with E-state index in [9.17, 15) is 23.2 Å². The Labute approximate surface area is 201 Å². The summed E-state index contributed by atoms with van der Waals surface area (Å²) in [7, 11) is 1.49. The number of nitrogens with one attached hydrogen (secondary N) is 1. The van der Waals surface area contributed by atoms with Crippen LogP contribution in [0, 0.1) is 6.92 Å². The highest BCUT2D eigenvalue weighted by Gasteiger charge is 2.60. The number of benzene rings is 2. The third-order valence-corrected chi connectivity index (χ3v) is 6.84. The fourth-order valence-electron chi connectivity index (χ4n) is 4.42. The molecule has 0 atom stereocenters. The first-order valence-electron chi connectivity index (χ1n) is 10.8. The van der Waals surface area contributed by atoms with Crippen LogP contribution in [0.4, 0.5) is 19.3 Å². The van der Waals surface area contributed by atoms with Crippen LogP contribution < -0.4 is 10.2 Å². The van der Waals surface area contributed by atoms with Gasteiger partial charge < -0.3 is 20.0 Å². The second-order valence-electron chi connectivity index (χ2n) is 8.83. The molecule has 4 amide bonds. The van der Waals surface area contributed by atoms with Crippen LogP contribution in [0.3, 0.4) is 0 Å². The first-order valence-corrected chi connectivity index (χ1v) is 11.2. The number of halogens is 3. The SMILES string of the molecule is CNC(=O)N1CC2(C1)C(=O)N(c1ccc(Cl)c(C)c1)CC(=O)N2Cc1ccc(C(C)(F)F)cc1. The van der Waals surface area contributed by atoms with Crippen molar-refractivity contribution in [2.45, 2.75) is 31.9 Å². The van der Waals surface area contributed by atoms with Gasteiger partial charge in [0.25, 0.3) is 11.8 Å². The van der Waals surface area contributed by atoms with Crippen LogP contribution >= 0.6 is 11.6 Å². The lowest BCUT2D eigenvalue weighted by atomic mass is 9.83. The second kappa shape index (κ2) is 8.54. The molecular formula is C24H25ClF2N4O3. The number of hydrogen-bond acceptors (Lipinski definition) is 3. The monoisotopic (exact) mass is 490 g/mol. The van der Waals surface area contributed by atoms with Gasteiger partial charge in [0.1, 0.15) is 6.54 Å². The number of amides is 4. The minimum Gasteiger partial charge on any atom is -0.341 e. The van der Waals surface area contributed by atoms with Crippen molar-refractivity contribution in [2.24, 2.45) is 0 Å². The van der Waals surface area contributed by atoms with E-state index in [0.29, 0.717) is 16.3 Å². The van der Waals surface area contributed by atoms with Crippen molar-refractivity contribution >= 4 is 35.1 Å². The fourth-order valence-corrected chi connectivity index (χ4v) is 4.54. The van der Waals surface area contributed by atoms with Crippen molar-refractivity contribution in [3.63, 3.8) is 0 Å². The largest absolute Gasteiger partial charge is 0.341 e. The highest BCUT2D eigenvalue weighted by molar-refractivity contribution is 6.31. The molecule has 2 aromatic rings. The summed E-state index contributed by atoms with van der Waals surface area (Å²) < 4.78 is 27.2. The average molecular weight is 491 g/mol. The molecule has 34 heavy (non-hydrogen) atoms. The lowest BCUT2D eigenvalue weighted by Gasteiger charge is -2.57. The zero-order valence-corrected chi connectivity index (χ0v) is 19.8. The lowest BCUT2D eigenvalue weighted by molar-refractivity contribution is -0.161. The number of hydrogen-bond donors (Lipinski definition) is 1. The van der Waals surface area contributed by atoms with Crippen molar-refractivity contribution in [3.8, 4) is 0 Å². The van der Waals surface area contributed by atoms with Crippen molar-refractivity contribution in [3.05, 3.63) is 64.2 Å². The Bertz CT molecular complexity index is 1140. The van der Waals surface area contributed by atoms with Crippen LogP contribution in [0.5, 0.6) is 0 Å². The number of piperazine rings is 1. The van der Waals surface area contributed by atoms with Gasteiger partial charge in [-0.05, 0) is 36.2 Å². The summed E-state index contributed by atoms with van der Waals surface area (Å²) in [5, 5.41) is 3.08. The van der Waals surface area contributed by atoms with Crippen LogP contribution in [0.2, 0.25) is 5.02 Å². The third-order valence-electron chi connectivity index (χ3n) is 6.42. The molecule has 0 saturated carbocycles. The maximum absolute atomic E-state index is 13.8. The number of nitrogens with zero attached hydrogens (tertiary/aromatic N) is 3. The molecule has 7 nitrogen and oxygen atoms in total. The molecule has 1 spiro atoms. The molecule has 0 aliphatic carbocycles. The number of rotatable bonds is 4. The Kier molecular flexibility index (Phi) is 6.01. The molecule has 0 aromatic heterocycles. The van der Waals surface area contributed by atoms with Gasteiger partial charge in [0.15, 0.2) is 5.54 Å². The van der Waals surface area contributed by atoms with Crippen LogP contribution in [0.25, 0.3) is 0 Å². The Hall–Kier alpha value is -3.20. The average Bonchev–Trinajstić information content (AvgIpc) is 2.76. The van der Waals surface area contributed by atoms with Crippen molar-refractivity contribution < 1.29 is 23.2 Å². The lowest BCUT2D eigenvalue weighted by Crippen LogP contribution is -2.81. The highest BCUT2D eigenvalue weighted by atomic mass is 35.5. The highest BCUT2D eigenvalue weighted by Crippen LogP contribution is 2.37. The smallest absolute Gasteiger partial charge is 0.317 e. The van der Waals surface area contributed by atoms with Crippen LogP contribution in [0.15, 0.2) is 42.5 Å². The summed E-state index contributed by atoms with van der Waals surface area (Å²) >= 11 is 6.13. The molecule has 2 saturated heterocycles. The number of alkyl halides is 2. The van der Waals surface area contributed by atoms with Crippen LogP contribution in [-0.4, -0.2) is 59.9 Å². The number of likely N-dealkylation sites (tertiary alicyclic amines) is 1. The second-order valence-corrected chi connectivity index (χ2v) is 9.24. The molecule has 10 heteroatoms. The number of urea groups is 1. The Morgan fingerprint density at radius 3 is 2.35 bits per heavy atom. The zero-order valence-electron chi connectivity index (χ0n) is 19.1. The number of aryl methyl sites for hydroxylation is 1. The number of carbonyl (C=O) groups excluding carboxylic acids is 3. The maximum atomic E-state index is 13.8. The van der Waals surface area contributed by atoms with Gasteiger partial charge in [-0.1, -0.05) is 35.9 Å². The van der Waals surface area contributed by atoms with Gasteiger partial charge in [0, 0.05) is 36.8 Å². The van der Waals surface area contributed by atoms with E-state index in [1.54, 1.807) is 18.2 Å². The summed E-state index contributed by atoms with van der Waals surface area (Å²) in [6.07, 6.45) is 0. The van der Waals surface area contributed by atoms with Gasteiger partial charge >= 0.3 is 6.03 Å². The van der Waals surface area contributed by atoms with E-state index in [4.69, 9.17) is 11.6 Å². The third kappa shape index (κ3) is 4.09. The molecule has 1 N–H and O–H groups in total. The molecule has 0 radical (unpaired) electrons. The Morgan fingerprint density at radius 1 is 1.15 bits per heavy atom. The van der Waals surface area contributed by atoms with Crippen molar-refractivity contribution in [2.75, 3.05) is 31.6 Å². The molecule has 180 valence electrons. The first kappa shape index (κ1) is 23.9. The van der Waals surface area contributed by atoms with Crippen molar-refractivity contribution in [1.29, 1.82) is 0 Å². The Balaban J connectivity index is 1.66. The van der Waals surface area contributed by atoms with Crippen LogP contribution in [-0.2, 0) is 22.1 Å². The van der Waals surface area contributed by atoms with Gasteiger partial charge in [-0.15, -0.1) is 0 Å². The summed E-state index contributed by atoms with van der Waals surface area (Å²) in [6.45, 7) is 2.59. The standard InChI is InChI=1S/C24H25ClF2N4O3/c1-15-10-18(8-9-19(15)25)30-12-20(32)31(11-16-4-6-17(7-5-16)23(2,26)27)24(21(30)33)13-29(14-24)22(34)28-3/h4-10H,11-14H2,1-3H3,(H,28,34). The van der Waals surface area contributed by atoms with E-state index in [2.05, 4.69) is 5.32 Å². The molecule has 0 bridgehead atoms. The quantitative estimate of drug-likeness (QED) is 0.712. The number of carbonyl (C=O) groups is 3. The summed E-state index contributed by atoms with van der Waals surface area (Å²) in [5.74, 6) is -3.57. The minimum absolute atomic E-state index is 0.0332. The normalized spacial score (nSPS) is 17.8. The van der Waals surface area contributed by atoms with E-state index in [1.165, 1.54) is 46.0 Å². The molecule has 2 fully saturated rings. The molecule has 2 aromatic carbocycles. The van der Waals surface area contributed by atoms with Gasteiger partial charge in [-0.25, -0.2) is 13.6 Å². The van der Waals surface area contributed by atoms with Gasteiger partial charge in [-0.2, -0.15) is 0 Å². The number of anilines is 1. The van der Waals surface area contributed by atoms with E-state index in [-0.39, 0.29) is 49.6 Å². The van der Waals surface area contributed by atoms with Gasteiger partial charge in [-0.3, -0.25) is 9.59 Å². The van der Waals surface area contributed by atoms with Gasteiger partial charge in [0.2, 0.25) is 5.91 Å². The molecule has 0 unspecified atom stereocenters. The Morgan fingerprint density at radius 2 is 1.79 bits per heavy atom. The molecule has 2 aliphatic heterocycles. The van der Waals surface area contributed by atoms with E-state index < -0.39 is 11.5 Å². The minimum atomic E-state index is -2.98. The van der Waals surface area contributed by atoms with E-state index >= 15 is 0 Å². The van der Waals surface area contributed by atoms with Crippen LogP contribution in [0.1, 0.15) is 23.6 Å². The predicted octanol–water partition coefficient (Wildman–Crippen LogP) is 3.53. The van der Waals surface area contributed by atoms with Crippen molar-refractivity contribution in [1.82, 2.24) is 15.1 Å². The predicted molar refractivity (Wildman–Crippen MR) is 124 cm³/mol. The summed E-state index contributed by atoms with van der Waals surface area (Å²) in [6, 6.07) is 10.5.